The summed E-state index contributed by atoms with van der Waals surface area (Å²) in [5.74, 6) is -0.374. The summed E-state index contributed by atoms with van der Waals surface area (Å²) in [7, 11) is -3.77. The maximum atomic E-state index is 12.9. The minimum absolute atomic E-state index is 0.154. The summed E-state index contributed by atoms with van der Waals surface area (Å²) in [6, 6.07) is 16.7. The van der Waals surface area contributed by atoms with Crippen LogP contribution in [0.3, 0.4) is 0 Å². The largest absolute Gasteiger partial charge is 0.298 e. The Bertz CT molecular complexity index is 1640. The van der Waals surface area contributed by atoms with E-state index in [4.69, 9.17) is 0 Å². The number of amides is 1. The third-order valence-corrected chi connectivity index (χ3v) is 9.60. The van der Waals surface area contributed by atoms with Crippen LogP contribution in [0.5, 0.6) is 0 Å². The van der Waals surface area contributed by atoms with Gasteiger partial charge in [-0.05, 0) is 55.6 Å². The molecule has 0 spiro atoms. The van der Waals surface area contributed by atoms with Crippen LogP contribution < -0.4 is 10.0 Å². The average Bonchev–Trinajstić information content (AvgIpc) is 3.42. The number of hydrogen-bond acceptors (Lipinski definition) is 8. The van der Waals surface area contributed by atoms with Gasteiger partial charge in [-0.3, -0.25) is 14.8 Å². The van der Waals surface area contributed by atoms with Crippen LogP contribution in [0.15, 0.2) is 69.9 Å². The monoisotopic (exact) mass is 526 g/mol. The molecule has 0 fully saturated rings. The minimum atomic E-state index is -3.77. The maximum absolute atomic E-state index is 12.9. The summed E-state index contributed by atoms with van der Waals surface area (Å²) in [5, 5.41) is 3.30. The number of nitrogens with one attached hydrogen (secondary N) is 2. The fourth-order valence-corrected chi connectivity index (χ4v) is 7.02. The molecular formula is C23H18N4O3S4. The lowest BCUT2D eigenvalue weighted by molar-refractivity contribution is 0.102. The molecule has 34 heavy (non-hydrogen) atoms. The number of carbonyl (C=O) groups is 1. The molecule has 0 saturated carbocycles. The Morgan fingerprint density at radius 2 is 1.65 bits per heavy atom. The zero-order valence-corrected chi connectivity index (χ0v) is 21.3. The lowest BCUT2D eigenvalue weighted by Crippen LogP contribution is -2.15. The summed E-state index contributed by atoms with van der Waals surface area (Å²) in [6.45, 7) is 1.89. The second-order valence-electron chi connectivity index (χ2n) is 7.42. The van der Waals surface area contributed by atoms with Gasteiger partial charge in [-0.2, -0.15) is 0 Å². The molecule has 0 unspecified atom stereocenters. The van der Waals surface area contributed by atoms with Gasteiger partial charge in [0.25, 0.3) is 15.9 Å². The van der Waals surface area contributed by atoms with Gasteiger partial charge < -0.3 is 0 Å². The number of aryl methyl sites for hydroxylation is 1. The van der Waals surface area contributed by atoms with E-state index in [0.29, 0.717) is 16.4 Å². The van der Waals surface area contributed by atoms with Gasteiger partial charge in [0.2, 0.25) is 0 Å². The lowest BCUT2D eigenvalue weighted by atomic mass is 10.2. The topological polar surface area (TPSA) is 101 Å². The van der Waals surface area contributed by atoms with Gasteiger partial charge in [-0.25, -0.2) is 18.4 Å². The molecule has 0 aliphatic carbocycles. The predicted molar refractivity (Wildman–Crippen MR) is 141 cm³/mol. The van der Waals surface area contributed by atoms with Crippen molar-refractivity contribution in [2.45, 2.75) is 16.2 Å². The fourth-order valence-electron chi connectivity index (χ4n) is 3.32. The number of anilines is 2. The SMILES string of the molecule is CSc1nc2ccc3nc(NC(=O)c4cccc(NS(=O)(=O)c5ccc(C)cc5)c4)sc3c2s1. The minimum Gasteiger partial charge on any atom is -0.298 e. The molecule has 11 heteroatoms. The summed E-state index contributed by atoms with van der Waals surface area (Å²) in [6.07, 6.45) is 1.99. The molecule has 5 aromatic rings. The van der Waals surface area contributed by atoms with Crippen molar-refractivity contribution < 1.29 is 13.2 Å². The van der Waals surface area contributed by atoms with E-state index >= 15 is 0 Å². The molecule has 0 radical (unpaired) electrons. The van der Waals surface area contributed by atoms with E-state index in [1.165, 1.54) is 17.4 Å². The molecule has 5 rings (SSSR count). The highest BCUT2D eigenvalue weighted by Crippen LogP contribution is 2.38. The molecule has 2 aromatic heterocycles. The van der Waals surface area contributed by atoms with Gasteiger partial charge in [0.05, 0.1) is 25.3 Å². The van der Waals surface area contributed by atoms with Crippen molar-refractivity contribution >= 4 is 81.6 Å². The highest BCUT2D eigenvalue weighted by molar-refractivity contribution is 8.00. The quantitative estimate of drug-likeness (QED) is 0.264. The number of rotatable bonds is 6. The first-order valence-electron chi connectivity index (χ1n) is 10.1. The van der Waals surface area contributed by atoms with Crippen LogP contribution in [-0.2, 0) is 10.0 Å². The normalized spacial score (nSPS) is 11.7. The van der Waals surface area contributed by atoms with Crippen molar-refractivity contribution in [3.8, 4) is 0 Å². The van der Waals surface area contributed by atoms with E-state index < -0.39 is 10.0 Å². The van der Waals surface area contributed by atoms with Gasteiger partial charge in [0.1, 0.15) is 0 Å². The Morgan fingerprint density at radius 1 is 0.941 bits per heavy atom. The number of carbonyl (C=O) groups excluding carboxylic acids is 1. The zero-order chi connectivity index (χ0) is 23.9. The van der Waals surface area contributed by atoms with E-state index in [9.17, 15) is 13.2 Å². The van der Waals surface area contributed by atoms with Crippen LogP contribution in [0, 0.1) is 6.92 Å². The average molecular weight is 527 g/mol. The van der Waals surface area contributed by atoms with Crippen molar-refractivity contribution in [1.29, 1.82) is 0 Å². The highest BCUT2D eigenvalue weighted by atomic mass is 32.2. The summed E-state index contributed by atoms with van der Waals surface area (Å²) in [4.78, 5) is 22.2. The van der Waals surface area contributed by atoms with Crippen molar-refractivity contribution in [3.63, 3.8) is 0 Å². The van der Waals surface area contributed by atoms with E-state index in [-0.39, 0.29) is 10.8 Å². The molecule has 0 aliphatic rings. The zero-order valence-electron chi connectivity index (χ0n) is 18.0. The molecular weight excluding hydrogens is 509 g/mol. The number of sulfonamides is 1. The molecule has 2 heterocycles. The number of hydrogen-bond donors (Lipinski definition) is 2. The number of fused-ring (bicyclic) bond motifs is 3. The summed E-state index contributed by atoms with van der Waals surface area (Å²) in [5.41, 5.74) is 3.29. The summed E-state index contributed by atoms with van der Waals surface area (Å²) < 4.78 is 30.9. The Hall–Kier alpha value is -2.99. The summed E-state index contributed by atoms with van der Waals surface area (Å²) >= 11 is 4.59. The molecule has 0 bridgehead atoms. The van der Waals surface area contributed by atoms with Crippen LogP contribution >= 0.6 is 34.4 Å². The molecule has 0 atom stereocenters. The van der Waals surface area contributed by atoms with Crippen molar-refractivity contribution in [1.82, 2.24) is 9.97 Å². The van der Waals surface area contributed by atoms with Crippen LogP contribution in [0.25, 0.3) is 20.4 Å². The van der Waals surface area contributed by atoms with Gasteiger partial charge >= 0.3 is 0 Å². The van der Waals surface area contributed by atoms with Crippen LogP contribution in [0.1, 0.15) is 15.9 Å². The van der Waals surface area contributed by atoms with E-state index in [1.54, 1.807) is 65.6 Å². The highest BCUT2D eigenvalue weighted by Gasteiger charge is 2.17. The first-order chi connectivity index (χ1) is 16.3. The van der Waals surface area contributed by atoms with Gasteiger partial charge in [-0.1, -0.05) is 46.9 Å². The Balaban J connectivity index is 1.37. The second-order valence-corrected chi connectivity index (χ2v) is 12.2. The number of nitrogens with zero attached hydrogens (tertiary/aromatic N) is 2. The van der Waals surface area contributed by atoms with E-state index in [0.717, 1.165) is 30.3 Å². The lowest BCUT2D eigenvalue weighted by Gasteiger charge is -2.10. The van der Waals surface area contributed by atoms with E-state index in [2.05, 4.69) is 20.0 Å². The number of thiazole rings is 2. The predicted octanol–water partition coefficient (Wildman–Crippen LogP) is 5.99. The number of aromatic nitrogens is 2. The van der Waals surface area contributed by atoms with Gasteiger partial charge in [0, 0.05) is 11.3 Å². The Kier molecular flexibility index (Phi) is 6.02. The molecule has 0 aliphatic heterocycles. The third kappa shape index (κ3) is 4.51. The smallest absolute Gasteiger partial charge is 0.261 e. The van der Waals surface area contributed by atoms with Crippen LogP contribution in [0.2, 0.25) is 0 Å². The fraction of sp³-hybridized carbons (Fsp3) is 0.0870. The molecule has 0 saturated heterocycles. The van der Waals surface area contributed by atoms with Gasteiger partial charge in [-0.15, -0.1) is 11.3 Å². The van der Waals surface area contributed by atoms with Crippen molar-refractivity contribution in [2.24, 2.45) is 0 Å². The van der Waals surface area contributed by atoms with E-state index in [1.807, 2.05) is 25.3 Å². The van der Waals surface area contributed by atoms with Crippen LogP contribution in [0.4, 0.5) is 10.8 Å². The maximum Gasteiger partial charge on any atom is 0.261 e. The first kappa shape index (κ1) is 22.8. The molecule has 7 nitrogen and oxygen atoms in total. The van der Waals surface area contributed by atoms with Crippen LogP contribution in [-0.4, -0.2) is 30.5 Å². The van der Waals surface area contributed by atoms with Crippen molar-refractivity contribution in [3.05, 3.63) is 71.8 Å². The number of benzene rings is 3. The van der Waals surface area contributed by atoms with Crippen molar-refractivity contribution in [2.75, 3.05) is 16.3 Å². The standard InChI is InChI=1S/C23H18N4O3S4/c1-13-6-8-16(9-7-13)34(29,30)27-15-5-3-4-14(12-15)21(28)26-22-24-17-10-11-18-20(19(17)32-22)33-23(25-18)31-2/h3-12,27H,1-2H3,(H,24,26,28). The Labute approximate surface area is 208 Å². The second kappa shape index (κ2) is 8.99. The molecule has 2 N–H and O–H groups in total. The first-order valence-corrected chi connectivity index (χ1v) is 14.4. The molecule has 3 aromatic carbocycles. The third-order valence-electron chi connectivity index (χ3n) is 5.00. The molecule has 1 amide bonds. The molecule has 172 valence electrons. The Morgan fingerprint density at radius 3 is 2.38 bits per heavy atom. The van der Waals surface area contributed by atoms with Gasteiger partial charge in [0.15, 0.2) is 9.47 Å². The number of thioether (sulfide) groups is 1.